The molecule has 2 heterocycles. The summed E-state index contributed by atoms with van der Waals surface area (Å²) < 4.78 is 4.37. The van der Waals surface area contributed by atoms with Crippen molar-refractivity contribution >= 4 is 43.6 Å². The third kappa shape index (κ3) is 4.38. The molecule has 0 spiro atoms. The number of fused-ring (bicyclic) bond motifs is 6. The lowest BCUT2D eigenvalue weighted by Crippen LogP contribution is -1.98. The summed E-state index contributed by atoms with van der Waals surface area (Å²) in [6.07, 6.45) is 0. The van der Waals surface area contributed by atoms with Crippen LogP contribution in [0.25, 0.3) is 77.2 Å². The molecule has 0 aliphatic rings. The molecular weight excluding hydrogens is 611 g/mol. The van der Waals surface area contributed by atoms with Crippen molar-refractivity contribution < 1.29 is 0 Å². The Labute approximate surface area is 287 Å². The van der Waals surface area contributed by atoms with Gasteiger partial charge in [-0.1, -0.05) is 84.9 Å². The topological polar surface area (TPSA) is 81.2 Å². The lowest BCUT2D eigenvalue weighted by Gasteiger charge is -2.15. The van der Waals surface area contributed by atoms with E-state index in [1.165, 1.54) is 0 Å². The number of aromatic nitrogens is 2. The highest BCUT2D eigenvalue weighted by atomic mass is 15.0. The third-order valence-electron chi connectivity index (χ3n) is 9.61. The van der Waals surface area contributed by atoms with E-state index >= 15 is 0 Å². The van der Waals surface area contributed by atoms with Gasteiger partial charge in [0.1, 0.15) is 6.07 Å². The van der Waals surface area contributed by atoms with Crippen LogP contribution in [0.4, 0.5) is 0 Å². The van der Waals surface area contributed by atoms with E-state index < -0.39 is 0 Å². The monoisotopic (exact) mass is 635 g/mol. The lowest BCUT2D eigenvalue weighted by molar-refractivity contribution is 1.17. The molecule has 0 radical (unpaired) electrons. The molecule has 5 nitrogen and oxygen atoms in total. The molecule has 2 aromatic heterocycles. The predicted molar refractivity (Wildman–Crippen MR) is 200 cm³/mol. The minimum Gasteiger partial charge on any atom is -0.309 e. The Kier molecular flexibility index (Phi) is 6.56. The summed E-state index contributed by atoms with van der Waals surface area (Å²) in [7, 11) is 0. The molecular formula is C45H25N5. The molecule has 0 unspecified atom stereocenters. The normalized spacial score (nSPS) is 11.1. The Morgan fingerprint density at radius 2 is 0.960 bits per heavy atom. The summed E-state index contributed by atoms with van der Waals surface area (Å²) in [5.74, 6) is 0. The van der Waals surface area contributed by atoms with Crippen LogP contribution in [0, 0.1) is 34.0 Å². The molecule has 0 aliphatic carbocycles. The van der Waals surface area contributed by atoms with Crippen LogP contribution < -0.4 is 0 Å². The third-order valence-corrected chi connectivity index (χ3v) is 9.61. The summed E-state index contributed by atoms with van der Waals surface area (Å²) in [6, 6.07) is 57.9. The van der Waals surface area contributed by atoms with Gasteiger partial charge in [0.05, 0.1) is 62.3 Å². The first-order chi connectivity index (χ1) is 24.7. The van der Waals surface area contributed by atoms with Gasteiger partial charge in [-0.25, -0.2) is 0 Å². The van der Waals surface area contributed by atoms with Gasteiger partial charge in [-0.2, -0.15) is 15.8 Å². The van der Waals surface area contributed by atoms with Crippen molar-refractivity contribution in [1.29, 1.82) is 15.8 Å². The van der Waals surface area contributed by atoms with Gasteiger partial charge in [0.25, 0.3) is 0 Å². The van der Waals surface area contributed by atoms with Gasteiger partial charge in [0, 0.05) is 27.1 Å². The quantitative estimate of drug-likeness (QED) is 0.193. The Morgan fingerprint density at radius 1 is 0.360 bits per heavy atom. The highest BCUT2D eigenvalue weighted by molar-refractivity contribution is 6.11. The maximum absolute atomic E-state index is 10.5. The van der Waals surface area contributed by atoms with E-state index in [4.69, 9.17) is 0 Å². The number of hydrogen-bond donors (Lipinski definition) is 0. The van der Waals surface area contributed by atoms with Gasteiger partial charge in [0.2, 0.25) is 0 Å². The highest BCUT2D eigenvalue weighted by Gasteiger charge is 2.18. The average Bonchev–Trinajstić information content (AvgIpc) is 3.69. The van der Waals surface area contributed by atoms with Gasteiger partial charge in [-0.15, -0.1) is 0 Å². The second-order valence-corrected chi connectivity index (χ2v) is 12.3. The average molecular weight is 636 g/mol. The van der Waals surface area contributed by atoms with Crippen molar-refractivity contribution in [2.45, 2.75) is 0 Å². The molecule has 230 valence electrons. The second kappa shape index (κ2) is 11.4. The van der Waals surface area contributed by atoms with Crippen molar-refractivity contribution in [3.63, 3.8) is 0 Å². The molecule has 7 aromatic carbocycles. The molecule has 0 aliphatic heterocycles. The molecule has 0 fully saturated rings. The zero-order chi connectivity index (χ0) is 33.8. The van der Waals surface area contributed by atoms with E-state index in [2.05, 4.69) is 106 Å². The molecule has 5 heteroatoms. The van der Waals surface area contributed by atoms with E-state index in [9.17, 15) is 15.8 Å². The summed E-state index contributed by atoms with van der Waals surface area (Å²) in [5.41, 5.74) is 11.6. The van der Waals surface area contributed by atoms with Gasteiger partial charge in [-0.05, 0) is 83.4 Å². The van der Waals surface area contributed by atoms with E-state index in [0.717, 1.165) is 77.2 Å². The molecule has 0 amide bonds. The summed E-state index contributed by atoms with van der Waals surface area (Å²) >= 11 is 0. The molecule has 0 saturated carbocycles. The molecule has 0 bridgehead atoms. The van der Waals surface area contributed by atoms with Crippen molar-refractivity contribution in [2.24, 2.45) is 0 Å². The van der Waals surface area contributed by atoms with Gasteiger partial charge in [-0.3, -0.25) is 0 Å². The van der Waals surface area contributed by atoms with Crippen molar-refractivity contribution in [3.05, 3.63) is 168 Å². The fourth-order valence-corrected chi connectivity index (χ4v) is 7.38. The fraction of sp³-hybridized carbons (Fsp3) is 0. The zero-order valence-electron chi connectivity index (χ0n) is 26.7. The Balaban J connectivity index is 1.19. The van der Waals surface area contributed by atoms with Crippen LogP contribution >= 0.6 is 0 Å². The minimum atomic E-state index is 0.542. The molecule has 0 saturated heterocycles. The summed E-state index contributed by atoms with van der Waals surface area (Å²) in [6.45, 7) is 0. The smallest absolute Gasteiger partial charge is 0.101 e. The fourth-order valence-electron chi connectivity index (χ4n) is 7.38. The van der Waals surface area contributed by atoms with E-state index in [1.807, 2.05) is 72.8 Å². The van der Waals surface area contributed by atoms with E-state index in [-0.39, 0.29) is 0 Å². The zero-order valence-corrected chi connectivity index (χ0v) is 26.7. The van der Waals surface area contributed by atoms with Gasteiger partial charge in [0.15, 0.2) is 0 Å². The molecule has 9 rings (SSSR count). The van der Waals surface area contributed by atoms with Crippen molar-refractivity contribution in [3.8, 4) is 51.8 Å². The number of para-hydroxylation sites is 3. The summed E-state index contributed by atoms with van der Waals surface area (Å²) in [4.78, 5) is 0. The Hall–Kier alpha value is -7.39. The van der Waals surface area contributed by atoms with E-state index in [1.54, 1.807) is 0 Å². The maximum Gasteiger partial charge on any atom is 0.101 e. The number of hydrogen-bond acceptors (Lipinski definition) is 3. The Morgan fingerprint density at radius 3 is 1.74 bits per heavy atom. The number of nitrogens with zero attached hydrogens (tertiary/aromatic N) is 5. The highest BCUT2D eigenvalue weighted by Crippen LogP contribution is 2.39. The van der Waals surface area contributed by atoms with Crippen LogP contribution in [0.2, 0.25) is 0 Å². The molecule has 0 N–H and O–H groups in total. The van der Waals surface area contributed by atoms with Gasteiger partial charge >= 0.3 is 0 Å². The van der Waals surface area contributed by atoms with Crippen LogP contribution in [-0.4, -0.2) is 9.13 Å². The van der Waals surface area contributed by atoms with Crippen LogP contribution in [-0.2, 0) is 0 Å². The van der Waals surface area contributed by atoms with Crippen LogP contribution in [0.5, 0.6) is 0 Å². The first-order valence-corrected chi connectivity index (χ1v) is 16.3. The largest absolute Gasteiger partial charge is 0.309 e. The predicted octanol–water partition coefficient (Wildman–Crippen LogP) is 10.8. The molecule has 0 atom stereocenters. The maximum atomic E-state index is 10.5. The van der Waals surface area contributed by atoms with Crippen LogP contribution in [0.15, 0.2) is 152 Å². The SMILES string of the molecule is N#Cc1ccc2c(c1)c1ccccc1n2-c1ccccc1-c1cccc(-c2ccc(-n3c4ccccc4c4ccc(C#N)cc43)c(C#N)c2)c1. The number of nitriles is 3. The van der Waals surface area contributed by atoms with Crippen LogP contribution in [0.1, 0.15) is 16.7 Å². The summed E-state index contributed by atoms with van der Waals surface area (Å²) in [5, 5.41) is 34.0. The van der Waals surface area contributed by atoms with E-state index in [0.29, 0.717) is 16.7 Å². The standard InChI is InChI=1S/C45H25N5/c46-26-29-17-20-44-39(22-29)37-12-3-6-15-43(37)50(44)41-13-4-1-10-35(41)33-9-7-8-31(24-33)32-18-21-40(34(25-32)28-48)49-42-14-5-2-11-36(42)38-19-16-30(27-47)23-45(38)49/h1-25H. The first-order valence-electron chi connectivity index (χ1n) is 16.3. The number of rotatable bonds is 4. The molecule has 50 heavy (non-hydrogen) atoms. The van der Waals surface area contributed by atoms with Crippen LogP contribution in [0.3, 0.4) is 0 Å². The van der Waals surface area contributed by atoms with Crippen molar-refractivity contribution in [2.75, 3.05) is 0 Å². The second-order valence-electron chi connectivity index (χ2n) is 12.3. The number of benzene rings is 7. The lowest BCUT2D eigenvalue weighted by atomic mass is 9.96. The minimum absolute atomic E-state index is 0.542. The van der Waals surface area contributed by atoms with Gasteiger partial charge < -0.3 is 9.13 Å². The molecule has 9 aromatic rings. The van der Waals surface area contributed by atoms with Crippen molar-refractivity contribution in [1.82, 2.24) is 9.13 Å². The Bertz CT molecular complexity index is 2970. The first kappa shape index (κ1) is 28.8.